The second-order valence-corrected chi connectivity index (χ2v) is 4.63. The van der Waals surface area contributed by atoms with Crippen LogP contribution in [-0.2, 0) is 0 Å². The van der Waals surface area contributed by atoms with Gasteiger partial charge in [0.05, 0.1) is 12.6 Å². The quantitative estimate of drug-likeness (QED) is 0.624. The summed E-state index contributed by atoms with van der Waals surface area (Å²) >= 11 is 0. The van der Waals surface area contributed by atoms with Crippen LogP contribution in [0, 0.1) is 16.7 Å². The predicted molar refractivity (Wildman–Crippen MR) is 54.3 cm³/mol. The summed E-state index contributed by atoms with van der Waals surface area (Å²) in [6.45, 7) is 8.58. The summed E-state index contributed by atoms with van der Waals surface area (Å²) < 4.78 is 0. The van der Waals surface area contributed by atoms with Crippen molar-refractivity contribution < 1.29 is 0 Å². The first-order valence-corrected chi connectivity index (χ1v) is 5.23. The van der Waals surface area contributed by atoms with Crippen LogP contribution < -0.4 is 0 Å². The molecule has 1 aliphatic heterocycles. The van der Waals surface area contributed by atoms with Crippen LogP contribution in [-0.4, -0.2) is 24.0 Å². The number of hydrogen-bond donors (Lipinski definition) is 0. The number of likely N-dealkylation sites (tertiary alicyclic amines) is 1. The number of nitriles is 1. The Kier molecular flexibility index (Phi) is 3.33. The molecular weight excluding hydrogens is 160 g/mol. The van der Waals surface area contributed by atoms with Gasteiger partial charge in [0.15, 0.2) is 0 Å². The van der Waals surface area contributed by atoms with Crippen LogP contribution in [0.1, 0.15) is 40.0 Å². The minimum atomic E-state index is 0.368. The minimum Gasteiger partial charge on any atom is -0.287 e. The van der Waals surface area contributed by atoms with Crippen molar-refractivity contribution in [3.8, 4) is 6.07 Å². The Bertz CT molecular complexity index is 203. The lowest BCUT2D eigenvalue weighted by Gasteiger charge is -2.36. The Balaban J connectivity index is 2.63. The molecule has 1 unspecified atom stereocenters. The van der Waals surface area contributed by atoms with Crippen LogP contribution in [0.4, 0.5) is 0 Å². The van der Waals surface area contributed by atoms with Gasteiger partial charge in [0, 0.05) is 6.04 Å². The summed E-state index contributed by atoms with van der Waals surface area (Å²) in [5, 5.41) is 8.69. The van der Waals surface area contributed by atoms with E-state index >= 15 is 0 Å². The fourth-order valence-corrected chi connectivity index (χ4v) is 2.23. The second-order valence-electron chi connectivity index (χ2n) is 4.63. The molecule has 0 amide bonds. The molecule has 1 rings (SSSR count). The molecule has 0 saturated carbocycles. The maximum absolute atomic E-state index is 8.69. The average Bonchev–Trinajstić information content (AvgIpc) is 2.54. The number of nitrogens with zero attached hydrogens (tertiary/aromatic N) is 2. The third kappa shape index (κ3) is 2.22. The number of rotatable bonds is 3. The van der Waals surface area contributed by atoms with Gasteiger partial charge >= 0.3 is 0 Å². The topological polar surface area (TPSA) is 27.0 Å². The van der Waals surface area contributed by atoms with Crippen LogP contribution in [0.5, 0.6) is 0 Å². The summed E-state index contributed by atoms with van der Waals surface area (Å²) in [5.41, 5.74) is 0.368. The molecule has 2 nitrogen and oxygen atoms in total. The zero-order chi connectivity index (χ0) is 9.90. The molecule has 1 heterocycles. The summed E-state index contributed by atoms with van der Waals surface area (Å²) in [5.74, 6) is 0. The van der Waals surface area contributed by atoms with Gasteiger partial charge in [-0.15, -0.1) is 0 Å². The first kappa shape index (κ1) is 10.5. The molecule has 0 aromatic rings. The van der Waals surface area contributed by atoms with Gasteiger partial charge in [-0.05, 0) is 31.2 Å². The van der Waals surface area contributed by atoms with Crippen LogP contribution in [0.15, 0.2) is 0 Å². The van der Waals surface area contributed by atoms with Gasteiger partial charge in [-0.25, -0.2) is 0 Å². The molecule has 13 heavy (non-hydrogen) atoms. The van der Waals surface area contributed by atoms with Crippen molar-refractivity contribution in [3.63, 3.8) is 0 Å². The highest BCUT2D eigenvalue weighted by Crippen LogP contribution is 2.35. The van der Waals surface area contributed by atoms with Gasteiger partial charge in [-0.2, -0.15) is 5.26 Å². The van der Waals surface area contributed by atoms with Crippen molar-refractivity contribution in [1.82, 2.24) is 4.90 Å². The van der Waals surface area contributed by atoms with Crippen molar-refractivity contribution in [2.75, 3.05) is 13.1 Å². The summed E-state index contributed by atoms with van der Waals surface area (Å²) in [4.78, 5) is 2.34. The molecule has 0 spiro atoms. The van der Waals surface area contributed by atoms with E-state index < -0.39 is 0 Å². The number of hydrogen-bond acceptors (Lipinski definition) is 2. The molecule has 0 aliphatic carbocycles. The molecule has 0 radical (unpaired) electrons. The van der Waals surface area contributed by atoms with E-state index in [1.165, 1.54) is 19.3 Å². The van der Waals surface area contributed by atoms with Crippen molar-refractivity contribution in [3.05, 3.63) is 0 Å². The third-order valence-electron chi connectivity index (χ3n) is 3.45. The van der Waals surface area contributed by atoms with Gasteiger partial charge in [-0.1, -0.05) is 20.8 Å². The molecule has 1 atom stereocenters. The average molecular weight is 180 g/mol. The Labute approximate surface area is 81.5 Å². The molecule has 1 fully saturated rings. The van der Waals surface area contributed by atoms with Crippen LogP contribution in [0.25, 0.3) is 0 Å². The molecular formula is C11H20N2. The van der Waals surface area contributed by atoms with Crippen LogP contribution in [0.3, 0.4) is 0 Å². The first-order chi connectivity index (χ1) is 6.11. The SMILES string of the molecule is CCC(C)(C)C1CCCN1CC#N. The van der Waals surface area contributed by atoms with E-state index in [0.29, 0.717) is 18.0 Å². The minimum absolute atomic E-state index is 0.368. The van der Waals surface area contributed by atoms with E-state index in [0.717, 1.165) is 6.54 Å². The summed E-state index contributed by atoms with van der Waals surface area (Å²) in [6.07, 6.45) is 3.72. The largest absolute Gasteiger partial charge is 0.287 e. The Hall–Kier alpha value is -0.550. The smallest absolute Gasteiger partial charge is 0.0868 e. The van der Waals surface area contributed by atoms with E-state index in [1.807, 2.05) is 0 Å². The van der Waals surface area contributed by atoms with E-state index in [4.69, 9.17) is 5.26 Å². The molecule has 1 saturated heterocycles. The van der Waals surface area contributed by atoms with E-state index in [1.54, 1.807) is 0 Å². The van der Waals surface area contributed by atoms with Crippen LogP contribution in [0.2, 0.25) is 0 Å². The molecule has 1 aliphatic rings. The third-order valence-corrected chi connectivity index (χ3v) is 3.45. The first-order valence-electron chi connectivity index (χ1n) is 5.23. The van der Waals surface area contributed by atoms with Gasteiger partial charge in [0.1, 0.15) is 0 Å². The zero-order valence-electron chi connectivity index (χ0n) is 9.01. The monoisotopic (exact) mass is 180 g/mol. The van der Waals surface area contributed by atoms with E-state index in [2.05, 4.69) is 31.7 Å². The van der Waals surface area contributed by atoms with Crippen molar-refractivity contribution >= 4 is 0 Å². The lowest BCUT2D eigenvalue weighted by molar-refractivity contribution is 0.134. The molecule has 0 N–H and O–H groups in total. The zero-order valence-corrected chi connectivity index (χ0v) is 9.01. The predicted octanol–water partition coefficient (Wildman–Crippen LogP) is 2.41. The van der Waals surface area contributed by atoms with Gasteiger partial charge in [0.25, 0.3) is 0 Å². The summed E-state index contributed by atoms with van der Waals surface area (Å²) in [7, 11) is 0. The molecule has 0 bridgehead atoms. The van der Waals surface area contributed by atoms with Crippen molar-refractivity contribution in [1.29, 1.82) is 5.26 Å². The molecule has 74 valence electrons. The highest BCUT2D eigenvalue weighted by Gasteiger charge is 2.35. The molecule has 0 aromatic carbocycles. The van der Waals surface area contributed by atoms with Gasteiger partial charge in [0.2, 0.25) is 0 Å². The maximum Gasteiger partial charge on any atom is 0.0868 e. The summed E-state index contributed by atoms with van der Waals surface area (Å²) in [6, 6.07) is 2.88. The van der Waals surface area contributed by atoms with Gasteiger partial charge < -0.3 is 0 Å². The lowest BCUT2D eigenvalue weighted by Crippen LogP contribution is -2.40. The van der Waals surface area contributed by atoms with E-state index in [-0.39, 0.29) is 0 Å². The van der Waals surface area contributed by atoms with Crippen molar-refractivity contribution in [2.24, 2.45) is 5.41 Å². The maximum atomic E-state index is 8.69. The highest BCUT2D eigenvalue weighted by molar-refractivity contribution is 4.93. The van der Waals surface area contributed by atoms with E-state index in [9.17, 15) is 0 Å². The standard InChI is InChI=1S/C11H20N2/c1-4-11(2,3)10-6-5-8-13(10)9-7-12/h10H,4-6,8-9H2,1-3H3. The van der Waals surface area contributed by atoms with Crippen molar-refractivity contribution in [2.45, 2.75) is 46.1 Å². The molecule has 2 heteroatoms. The Morgan fingerprint density at radius 1 is 1.54 bits per heavy atom. The Morgan fingerprint density at radius 2 is 2.23 bits per heavy atom. The fraction of sp³-hybridized carbons (Fsp3) is 0.909. The Morgan fingerprint density at radius 3 is 2.77 bits per heavy atom. The normalized spacial score (nSPS) is 24.6. The second kappa shape index (κ2) is 4.11. The fourth-order valence-electron chi connectivity index (χ4n) is 2.23. The van der Waals surface area contributed by atoms with Crippen LogP contribution >= 0.6 is 0 Å². The van der Waals surface area contributed by atoms with Gasteiger partial charge in [-0.3, -0.25) is 4.90 Å². The highest BCUT2D eigenvalue weighted by atomic mass is 15.2. The lowest BCUT2D eigenvalue weighted by atomic mass is 9.80. The molecule has 0 aromatic heterocycles.